The van der Waals surface area contributed by atoms with Gasteiger partial charge in [0.1, 0.15) is 5.57 Å². The van der Waals surface area contributed by atoms with Gasteiger partial charge in [-0.25, -0.2) is 0 Å². The first-order valence-corrected chi connectivity index (χ1v) is 9.89. The van der Waals surface area contributed by atoms with Crippen LogP contribution in [0.3, 0.4) is 0 Å². The SMILES string of the molecule is C=CCn1cc(/C=C2\C(=O)NC(=S)N(c3cccc(C(F)(F)F)c3)C2=O)c2ccccc21. The topological polar surface area (TPSA) is 54.3 Å². The Bertz CT molecular complexity index is 1310. The van der Waals surface area contributed by atoms with E-state index in [0.717, 1.165) is 27.9 Å². The number of para-hydroxylation sites is 1. The maximum absolute atomic E-state index is 13.2. The van der Waals surface area contributed by atoms with Crippen molar-refractivity contribution in [3.05, 3.63) is 84.1 Å². The van der Waals surface area contributed by atoms with Crippen LogP contribution in [-0.4, -0.2) is 21.5 Å². The Morgan fingerprint density at radius 1 is 1.09 bits per heavy atom. The Kier molecular flexibility index (Phi) is 5.43. The average molecular weight is 455 g/mol. The molecule has 2 heterocycles. The number of benzene rings is 2. The van der Waals surface area contributed by atoms with Gasteiger partial charge in [0.25, 0.3) is 11.8 Å². The van der Waals surface area contributed by atoms with Gasteiger partial charge in [0.05, 0.1) is 11.3 Å². The molecule has 0 aliphatic carbocycles. The van der Waals surface area contributed by atoms with E-state index in [1.807, 2.05) is 28.8 Å². The van der Waals surface area contributed by atoms with E-state index in [0.29, 0.717) is 12.1 Å². The Morgan fingerprint density at radius 3 is 2.56 bits per heavy atom. The lowest BCUT2D eigenvalue weighted by Crippen LogP contribution is -2.54. The number of fused-ring (bicyclic) bond motifs is 1. The molecular formula is C23H16F3N3O2S. The summed E-state index contributed by atoms with van der Waals surface area (Å²) < 4.78 is 41.3. The van der Waals surface area contributed by atoms with E-state index in [2.05, 4.69) is 11.9 Å². The molecule has 0 radical (unpaired) electrons. The Hall–Kier alpha value is -3.72. The minimum atomic E-state index is -4.59. The molecule has 0 bridgehead atoms. The summed E-state index contributed by atoms with van der Waals surface area (Å²) in [5.74, 6) is -1.53. The van der Waals surface area contributed by atoms with Gasteiger partial charge in [-0.3, -0.25) is 19.8 Å². The molecule has 0 atom stereocenters. The first kappa shape index (κ1) is 21.5. The predicted molar refractivity (Wildman–Crippen MR) is 120 cm³/mol. The third kappa shape index (κ3) is 3.82. The van der Waals surface area contributed by atoms with Gasteiger partial charge in [-0.15, -0.1) is 6.58 Å². The van der Waals surface area contributed by atoms with Gasteiger partial charge in [-0.05, 0) is 42.6 Å². The normalized spacial score (nSPS) is 16.0. The van der Waals surface area contributed by atoms with Gasteiger partial charge in [0, 0.05) is 29.2 Å². The van der Waals surface area contributed by atoms with Crippen molar-refractivity contribution in [3.63, 3.8) is 0 Å². The number of anilines is 1. The van der Waals surface area contributed by atoms with Crippen LogP contribution in [0, 0.1) is 0 Å². The second kappa shape index (κ2) is 8.08. The van der Waals surface area contributed by atoms with Crippen LogP contribution in [0.4, 0.5) is 18.9 Å². The molecule has 2 amide bonds. The van der Waals surface area contributed by atoms with Crippen molar-refractivity contribution in [1.29, 1.82) is 0 Å². The highest BCUT2D eigenvalue weighted by atomic mass is 32.1. The number of allylic oxidation sites excluding steroid dienone is 1. The molecular weight excluding hydrogens is 439 g/mol. The molecule has 32 heavy (non-hydrogen) atoms. The summed E-state index contributed by atoms with van der Waals surface area (Å²) in [6.07, 6.45) is 0.324. The highest BCUT2D eigenvalue weighted by Gasteiger charge is 2.36. The number of carbonyl (C=O) groups excluding carboxylic acids is 2. The largest absolute Gasteiger partial charge is 0.416 e. The van der Waals surface area contributed by atoms with Gasteiger partial charge < -0.3 is 4.57 Å². The number of nitrogens with zero attached hydrogens (tertiary/aromatic N) is 2. The third-order valence-electron chi connectivity index (χ3n) is 4.98. The summed E-state index contributed by atoms with van der Waals surface area (Å²) >= 11 is 5.08. The number of thiocarbonyl (C=S) groups is 1. The Labute approximate surface area is 186 Å². The molecule has 0 spiro atoms. The zero-order valence-corrected chi connectivity index (χ0v) is 17.3. The summed E-state index contributed by atoms with van der Waals surface area (Å²) in [6.45, 7) is 4.25. The predicted octanol–water partition coefficient (Wildman–Crippen LogP) is 4.68. The monoisotopic (exact) mass is 455 g/mol. The Morgan fingerprint density at radius 2 is 1.84 bits per heavy atom. The number of halogens is 3. The second-order valence-corrected chi connectivity index (χ2v) is 7.44. The molecule has 1 saturated heterocycles. The highest BCUT2D eigenvalue weighted by Crippen LogP contribution is 2.33. The summed E-state index contributed by atoms with van der Waals surface area (Å²) in [7, 11) is 0. The van der Waals surface area contributed by atoms with E-state index in [1.165, 1.54) is 18.2 Å². The first-order chi connectivity index (χ1) is 15.2. The quantitative estimate of drug-likeness (QED) is 0.269. The third-order valence-corrected chi connectivity index (χ3v) is 5.26. The van der Waals surface area contributed by atoms with Crippen LogP contribution in [0.2, 0.25) is 0 Å². The fraction of sp³-hybridized carbons (Fsp3) is 0.0870. The summed E-state index contributed by atoms with van der Waals surface area (Å²) in [4.78, 5) is 26.6. The van der Waals surface area contributed by atoms with Crippen molar-refractivity contribution < 1.29 is 22.8 Å². The maximum Gasteiger partial charge on any atom is 0.416 e. The number of aromatic nitrogens is 1. The fourth-order valence-electron chi connectivity index (χ4n) is 3.55. The van der Waals surface area contributed by atoms with E-state index in [9.17, 15) is 22.8 Å². The van der Waals surface area contributed by atoms with Crippen LogP contribution in [0.5, 0.6) is 0 Å². The molecule has 2 aromatic carbocycles. The van der Waals surface area contributed by atoms with E-state index in [-0.39, 0.29) is 16.4 Å². The molecule has 5 nitrogen and oxygen atoms in total. The molecule has 1 aromatic heterocycles. The van der Waals surface area contributed by atoms with Gasteiger partial charge in [-0.2, -0.15) is 13.2 Å². The fourth-order valence-corrected chi connectivity index (χ4v) is 3.83. The van der Waals surface area contributed by atoms with E-state index < -0.39 is 23.6 Å². The van der Waals surface area contributed by atoms with Crippen LogP contribution in [0.15, 0.2) is 73.0 Å². The number of amides is 2. The summed E-state index contributed by atoms with van der Waals surface area (Å²) in [6, 6.07) is 11.7. The minimum absolute atomic E-state index is 0.0881. The van der Waals surface area contributed by atoms with Crippen LogP contribution in [0.25, 0.3) is 17.0 Å². The number of alkyl halides is 3. The molecule has 1 aliphatic rings. The van der Waals surface area contributed by atoms with Crippen LogP contribution < -0.4 is 10.2 Å². The van der Waals surface area contributed by atoms with Crippen LogP contribution in [-0.2, 0) is 22.3 Å². The smallest absolute Gasteiger partial charge is 0.343 e. The van der Waals surface area contributed by atoms with Crippen LogP contribution in [0.1, 0.15) is 11.1 Å². The van der Waals surface area contributed by atoms with E-state index in [4.69, 9.17) is 12.2 Å². The molecule has 4 rings (SSSR count). The van der Waals surface area contributed by atoms with E-state index in [1.54, 1.807) is 12.3 Å². The molecule has 1 aliphatic heterocycles. The number of hydrogen-bond acceptors (Lipinski definition) is 3. The van der Waals surface area contributed by atoms with E-state index >= 15 is 0 Å². The van der Waals surface area contributed by atoms with Crippen molar-refractivity contribution in [2.75, 3.05) is 4.90 Å². The molecule has 162 valence electrons. The molecule has 0 unspecified atom stereocenters. The summed E-state index contributed by atoms with van der Waals surface area (Å²) in [5.41, 5.74) is 0.235. The zero-order chi connectivity index (χ0) is 23.0. The van der Waals surface area contributed by atoms with Crippen molar-refractivity contribution in [2.24, 2.45) is 0 Å². The second-order valence-electron chi connectivity index (χ2n) is 7.05. The average Bonchev–Trinajstić information content (AvgIpc) is 3.08. The zero-order valence-electron chi connectivity index (χ0n) is 16.5. The number of nitrogens with one attached hydrogen (secondary N) is 1. The lowest BCUT2D eigenvalue weighted by molar-refractivity contribution is -0.137. The van der Waals surface area contributed by atoms with Crippen LogP contribution >= 0.6 is 12.2 Å². The van der Waals surface area contributed by atoms with Crippen molar-refractivity contribution in [1.82, 2.24) is 9.88 Å². The molecule has 9 heteroatoms. The Balaban J connectivity index is 1.80. The van der Waals surface area contributed by atoms with Gasteiger partial charge in [0.15, 0.2) is 5.11 Å². The van der Waals surface area contributed by atoms with Gasteiger partial charge in [-0.1, -0.05) is 30.3 Å². The maximum atomic E-state index is 13.2. The minimum Gasteiger partial charge on any atom is -0.343 e. The molecule has 3 aromatic rings. The lowest BCUT2D eigenvalue weighted by Gasteiger charge is -2.29. The lowest BCUT2D eigenvalue weighted by atomic mass is 10.1. The number of carbonyl (C=O) groups is 2. The summed E-state index contributed by atoms with van der Waals surface area (Å²) in [5, 5.41) is 2.91. The molecule has 1 N–H and O–H groups in total. The standard InChI is InChI=1S/C23H16F3N3O2S/c1-2-10-28-13-14(17-8-3-4-9-19(17)28)11-18-20(30)27-22(32)29(21(18)31)16-7-5-6-15(12-16)23(24,25)26/h2-9,11-13H,1,10H2,(H,27,30,32)/b18-11+. The molecule has 0 saturated carbocycles. The van der Waals surface area contributed by atoms with Crippen molar-refractivity contribution in [3.8, 4) is 0 Å². The highest BCUT2D eigenvalue weighted by molar-refractivity contribution is 7.80. The van der Waals surface area contributed by atoms with Gasteiger partial charge >= 0.3 is 6.18 Å². The molecule has 1 fully saturated rings. The first-order valence-electron chi connectivity index (χ1n) is 9.48. The van der Waals surface area contributed by atoms with Crippen molar-refractivity contribution >= 4 is 51.8 Å². The number of hydrogen-bond donors (Lipinski definition) is 1. The van der Waals surface area contributed by atoms with Gasteiger partial charge in [0.2, 0.25) is 0 Å². The number of rotatable bonds is 4. The van der Waals surface area contributed by atoms with Crippen molar-refractivity contribution in [2.45, 2.75) is 12.7 Å².